The van der Waals surface area contributed by atoms with Crippen LogP contribution < -0.4 is 11.1 Å². The van der Waals surface area contributed by atoms with Crippen LogP contribution in [0.3, 0.4) is 0 Å². The Morgan fingerprint density at radius 1 is 1.34 bits per heavy atom. The van der Waals surface area contributed by atoms with Gasteiger partial charge in [-0.2, -0.15) is 0 Å². The Kier molecular flexibility index (Phi) is 5.18. The molecule has 3 N–H and O–H groups in total. The van der Waals surface area contributed by atoms with Crippen LogP contribution in [-0.4, -0.2) is 33.8 Å². The summed E-state index contributed by atoms with van der Waals surface area (Å²) in [5.74, 6) is -1.02. The molecule has 1 amide bonds. The molecule has 1 fully saturated rings. The molecule has 3 aromatic rings. The fourth-order valence-electron chi connectivity index (χ4n) is 3.48. The quantitative estimate of drug-likeness (QED) is 0.611. The molecule has 10 heteroatoms. The molecule has 0 spiro atoms. The number of alkyl halides is 1. The Morgan fingerprint density at radius 2 is 2.14 bits per heavy atom. The number of amides is 1. The number of hydrogen-bond donors (Lipinski definition) is 2. The van der Waals surface area contributed by atoms with Crippen molar-refractivity contribution in [1.29, 1.82) is 0 Å². The molecule has 1 aliphatic carbocycles. The largest absolute Gasteiger partial charge is 0.366 e. The molecule has 6 nitrogen and oxygen atoms in total. The molecule has 150 valence electrons. The summed E-state index contributed by atoms with van der Waals surface area (Å²) >= 11 is 7.43. The molecule has 1 aromatic carbocycles. The van der Waals surface area contributed by atoms with Crippen molar-refractivity contribution in [3.8, 4) is 10.6 Å². The summed E-state index contributed by atoms with van der Waals surface area (Å²) < 4.78 is 27.9. The predicted octanol–water partition coefficient (Wildman–Crippen LogP) is 3.97. The number of rotatable bonds is 6. The van der Waals surface area contributed by atoms with Crippen LogP contribution in [0.5, 0.6) is 0 Å². The minimum Gasteiger partial charge on any atom is -0.366 e. The molecule has 0 radical (unpaired) electrons. The standard InChI is InChI=1S/C19H16ClF2N5OS/c20-13-4-3-10(16(23)28)6-12(13)17-26-27-18(29-17)25-9-19(7-11(21)8-19)15-14(22)2-1-5-24-15/h1-6,11H,7-9H2,(H2,23,28)(H,25,27)/t11-,19-. The van der Waals surface area contributed by atoms with E-state index in [4.69, 9.17) is 17.3 Å². The number of nitrogens with zero attached hydrogens (tertiary/aromatic N) is 3. The highest BCUT2D eigenvalue weighted by Crippen LogP contribution is 2.46. The van der Waals surface area contributed by atoms with E-state index >= 15 is 0 Å². The summed E-state index contributed by atoms with van der Waals surface area (Å²) in [5, 5.41) is 12.7. The lowest BCUT2D eigenvalue weighted by atomic mass is 9.65. The zero-order chi connectivity index (χ0) is 20.6. The summed E-state index contributed by atoms with van der Waals surface area (Å²) in [6.45, 7) is 0.269. The normalized spacial score (nSPS) is 20.9. The van der Waals surface area contributed by atoms with E-state index in [-0.39, 0.29) is 25.1 Å². The summed E-state index contributed by atoms with van der Waals surface area (Å²) in [5.41, 5.74) is 5.68. The molecule has 0 saturated heterocycles. The Morgan fingerprint density at radius 3 is 2.83 bits per heavy atom. The lowest BCUT2D eigenvalue weighted by Gasteiger charge is -2.43. The lowest BCUT2D eigenvalue weighted by Crippen LogP contribution is -2.48. The van der Waals surface area contributed by atoms with Crippen molar-refractivity contribution >= 4 is 34.0 Å². The van der Waals surface area contributed by atoms with Crippen molar-refractivity contribution in [1.82, 2.24) is 15.2 Å². The molecule has 0 atom stereocenters. The summed E-state index contributed by atoms with van der Waals surface area (Å²) in [6, 6.07) is 7.49. The molecule has 2 heterocycles. The first-order valence-corrected chi connectivity index (χ1v) is 9.99. The predicted molar refractivity (Wildman–Crippen MR) is 107 cm³/mol. The minimum atomic E-state index is -0.987. The van der Waals surface area contributed by atoms with Gasteiger partial charge in [0.25, 0.3) is 0 Å². The number of halogens is 3. The van der Waals surface area contributed by atoms with E-state index in [2.05, 4.69) is 20.5 Å². The third-order valence-electron chi connectivity index (χ3n) is 4.97. The molecule has 0 aliphatic heterocycles. The number of carbonyl (C=O) groups is 1. The lowest BCUT2D eigenvalue weighted by molar-refractivity contribution is 0.0964. The second kappa shape index (κ2) is 7.64. The van der Waals surface area contributed by atoms with E-state index in [1.807, 2.05) is 0 Å². The number of carbonyl (C=O) groups excluding carboxylic acids is 1. The number of hydrogen-bond acceptors (Lipinski definition) is 6. The van der Waals surface area contributed by atoms with E-state index < -0.39 is 23.3 Å². The Balaban J connectivity index is 1.55. The van der Waals surface area contributed by atoms with Gasteiger partial charge in [-0.25, -0.2) is 8.78 Å². The summed E-state index contributed by atoms with van der Waals surface area (Å²) in [6.07, 6.45) is 0.888. The van der Waals surface area contributed by atoms with Gasteiger partial charge >= 0.3 is 0 Å². The highest BCUT2D eigenvalue weighted by molar-refractivity contribution is 7.18. The number of aromatic nitrogens is 3. The number of pyridine rings is 1. The highest BCUT2D eigenvalue weighted by atomic mass is 35.5. The summed E-state index contributed by atoms with van der Waals surface area (Å²) in [4.78, 5) is 15.5. The second-order valence-corrected chi connectivity index (χ2v) is 8.33. The van der Waals surface area contributed by atoms with E-state index in [0.717, 1.165) is 0 Å². The number of primary amides is 1. The van der Waals surface area contributed by atoms with Gasteiger partial charge in [-0.3, -0.25) is 9.78 Å². The molecule has 0 bridgehead atoms. The average Bonchev–Trinajstić information content (AvgIpc) is 3.14. The van der Waals surface area contributed by atoms with Gasteiger partial charge in [0.2, 0.25) is 11.0 Å². The number of anilines is 1. The first-order chi connectivity index (χ1) is 13.9. The van der Waals surface area contributed by atoms with Gasteiger partial charge in [-0.05, 0) is 43.2 Å². The van der Waals surface area contributed by atoms with Gasteiger partial charge in [0.1, 0.15) is 12.0 Å². The molecule has 29 heavy (non-hydrogen) atoms. The van der Waals surface area contributed by atoms with Crippen LogP contribution in [0.2, 0.25) is 5.02 Å². The van der Waals surface area contributed by atoms with Crippen molar-refractivity contribution in [2.75, 3.05) is 11.9 Å². The number of nitrogens with one attached hydrogen (secondary N) is 1. The maximum Gasteiger partial charge on any atom is 0.248 e. The van der Waals surface area contributed by atoms with Crippen LogP contribution in [-0.2, 0) is 5.41 Å². The van der Waals surface area contributed by atoms with Crippen molar-refractivity contribution in [2.45, 2.75) is 24.4 Å². The zero-order valence-electron chi connectivity index (χ0n) is 15.0. The van der Waals surface area contributed by atoms with Gasteiger partial charge < -0.3 is 11.1 Å². The van der Waals surface area contributed by atoms with Gasteiger partial charge in [0.15, 0.2) is 5.01 Å². The van der Waals surface area contributed by atoms with Crippen LogP contribution in [0, 0.1) is 5.82 Å². The van der Waals surface area contributed by atoms with Crippen LogP contribution >= 0.6 is 22.9 Å². The van der Waals surface area contributed by atoms with E-state index in [9.17, 15) is 13.6 Å². The third-order valence-corrected chi connectivity index (χ3v) is 6.21. The summed E-state index contributed by atoms with van der Waals surface area (Å²) in [7, 11) is 0. The van der Waals surface area contributed by atoms with Crippen LogP contribution in [0.15, 0.2) is 36.5 Å². The van der Waals surface area contributed by atoms with Crippen LogP contribution in [0.25, 0.3) is 10.6 Å². The molecule has 0 unspecified atom stereocenters. The van der Waals surface area contributed by atoms with Crippen molar-refractivity contribution in [3.05, 3.63) is 58.6 Å². The molecule has 1 saturated carbocycles. The van der Waals surface area contributed by atoms with Crippen molar-refractivity contribution in [2.24, 2.45) is 5.73 Å². The molecular formula is C19H16ClF2N5OS. The zero-order valence-corrected chi connectivity index (χ0v) is 16.6. The van der Waals surface area contributed by atoms with E-state index in [1.54, 1.807) is 12.1 Å². The molecular weight excluding hydrogens is 420 g/mol. The fourth-order valence-corrected chi connectivity index (χ4v) is 4.51. The van der Waals surface area contributed by atoms with Crippen LogP contribution in [0.4, 0.5) is 13.9 Å². The highest BCUT2D eigenvalue weighted by Gasteiger charge is 2.48. The van der Waals surface area contributed by atoms with Crippen LogP contribution in [0.1, 0.15) is 28.9 Å². The fraction of sp³-hybridized carbons (Fsp3) is 0.263. The maximum absolute atomic E-state index is 14.2. The Bertz CT molecular complexity index is 1070. The molecule has 2 aromatic heterocycles. The van der Waals surface area contributed by atoms with Gasteiger partial charge in [0.05, 0.1) is 10.7 Å². The first-order valence-electron chi connectivity index (χ1n) is 8.80. The van der Waals surface area contributed by atoms with E-state index in [1.165, 1.54) is 35.7 Å². The maximum atomic E-state index is 14.2. The molecule has 1 aliphatic rings. The minimum absolute atomic E-state index is 0.187. The Labute approximate surface area is 174 Å². The second-order valence-electron chi connectivity index (χ2n) is 6.94. The monoisotopic (exact) mass is 435 g/mol. The SMILES string of the molecule is NC(=O)c1ccc(Cl)c(-c2nnc(NC[C@]3(c4ncccc4F)C[C@H](F)C3)s2)c1. The third kappa shape index (κ3) is 3.79. The topological polar surface area (TPSA) is 93.8 Å². The van der Waals surface area contributed by atoms with Gasteiger partial charge in [-0.1, -0.05) is 22.9 Å². The van der Waals surface area contributed by atoms with Crippen molar-refractivity contribution < 1.29 is 13.6 Å². The smallest absolute Gasteiger partial charge is 0.248 e. The van der Waals surface area contributed by atoms with E-state index in [0.29, 0.717) is 26.3 Å². The first kappa shape index (κ1) is 19.7. The molecule has 4 rings (SSSR count). The van der Waals surface area contributed by atoms with Crippen molar-refractivity contribution in [3.63, 3.8) is 0 Å². The average molecular weight is 436 g/mol. The number of nitrogens with two attached hydrogens (primary N) is 1. The van der Waals surface area contributed by atoms with Gasteiger partial charge in [-0.15, -0.1) is 10.2 Å². The van der Waals surface area contributed by atoms with Gasteiger partial charge in [0, 0.05) is 29.3 Å². The number of benzene rings is 1. The Hall–Kier alpha value is -2.65.